The van der Waals surface area contributed by atoms with Crippen molar-refractivity contribution in [3.63, 3.8) is 0 Å². The Labute approximate surface area is 119 Å². The van der Waals surface area contributed by atoms with Crippen LogP contribution in [-0.2, 0) is 9.53 Å². The molecule has 1 aromatic rings. The molecule has 5 nitrogen and oxygen atoms in total. The number of nitrogen functional groups attached to an aromatic ring is 1. The molecular formula is C15H20N2O3. The Hall–Kier alpha value is -2.01. The number of hydrogen-bond donors (Lipinski definition) is 1. The van der Waals surface area contributed by atoms with Gasteiger partial charge in [0, 0.05) is 20.2 Å². The van der Waals surface area contributed by atoms with Crippen LogP contribution in [0.15, 0.2) is 35.9 Å². The second-order valence-corrected chi connectivity index (χ2v) is 4.71. The molecule has 1 aliphatic heterocycles. The number of hydrogen-bond acceptors (Lipinski definition) is 4. The van der Waals surface area contributed by atoms with E-state index in [2.05, 4.69) is 0 Å². The van der Waals surface area contributed by atoms with E-state index >= 15 is 0 Å². The van der Waals surface area contributed by atoms with Gasteiger partial charge < -0.3 is 20.1 Å². The first-order chi connectivity index (χ1) is 9.70. The van der Waals surface area contributed by atoms with Crippen molar-refractivity contribution in [2.24, 2.45) is 0 Å². The number of carbonyl (C=O) groups is 1. The summed E-state index contributed by atoms with van der Waals surface area (Å²) in [6.45, 7) is 1.98. The Bertz CT molecular complexity index is 500. The van der Waals surface area contributed by atoms with Crippen LogP contribution in [0.1, 0.15) is 6.42 Å². The van der Waals surface area contributed by atoms with E-state index < -0.39 is 0 Å². The Balaban J connectivity index is 1.83. The number of nitrogens with zero attached hydrogens (tertiary/aromatic N) is 1. The quantitative estimate of drug-likeness (QED) is 0.653. The first-order valence-corrected chi connectivity index (χ1v) is 6.62. The summed E-state index contributed by atoms with van der Waals surface area (Å²) in [5, 5.41) is 0. The van der Waals surface area contributed by atoms with Crippen LogP contribution in [0.25, 0.3) is 0 Å². The predicted octanol–water partition coefficient (Wildman–Crippen LogP) is 1.45. The third-order valence-corrected chi connectivity index (χ3v) is 3.26. The lowest BCUT2D eigenvalue weighted by atomic mass is 10.1. The van der Waals surface area contributed by atoms with Gasteiger partial charge in [-0.25, -0.2) is 0 Å². The largest absolute Gasteiger partial charge is 0.482 e. The standard InChI is InChI=1S/C15H20N2O3/c1-19-10-12-6-8-17(9-7-12)15(18)11-20-14-5-3-2-4-13(14)16/h2-6H,7-11,16H2,1H3. The molecule has 0 atom stereocenters. The number of anilines is 1. The summed E-state index contributed by atoms with van der Waals surface area (Å²) in [6, 6.07) is 7.17. The smallest absolute Gasteiger partial charge is 0.260 e. The third kappa shape index (κ3) is 3.74. The zero-order chi connectivity index (χ0) is 14.4. The average Bonchev–Trinajstić information content (AvgIpc) is 2.47. The van der Waals surface area contributed by atoms with Gasteiger partial charge in [0.1, 0.15) is 5.75 Å². The van der Waals surface area contributed by atoms with Gasteiger partial charge in [0.05, 0.1) is 12.3 Å². The number of ether oxygens (including phenoxy) is 2. The second-order valence-electron chi connectivity index (χ2n) is 4.71. The normalized spacial score (nSPS) is 14.8. The van der Waals surface area contributed by atoms with Crippen LogP contribution in [0.2, 0.25) is 0 Å². The van der Waals surface area contributed by atoms with Gasteiger partial charge >= 0.3 is 0 Å². The van der Waals surface area contributed by atoms with E-state index in [9.17, 15) is 4.79 Å². The highest BCUT2D eigenvalue weighted by Gasteiger charge is 2.17. The van der Waals surface area contributed by atoms with Crippen molar-refractivity contribution >= 4 is 11.6 Å². The molecule has 2 N–H and O–H groups in total. The molecule has 1 amide bonds. The maximum atomic E-state index is 12.0. The van der Waals surface area contributed by atoms with Gasteiger partial charge in [0.2, 0.25) is 0 Å². The van der Waals surface area contributed by atoms with Crippen LogP contribution < -0.4 is 10.5 Å². The highest BCUT2D eigenvalue weighted by Crippen LogP contribution is 2.20. The summed E-state index contributed by atoms with van der Waals surface area (Å²) in [5.74, 6) is 0.523. The molecule has 0 bridgehead atoms. The predicted molar refractivity (Wildman–Crippen MR) is 77.5 cm³/mol. The van der Waals surface area contributed by atoms with E-state index in [4.69, 9.17) is 15.2 Å². The van der Waals surface area contributed by atoms with Gasteiger partial charge in [-0.2, -0.15) is 0 Å². The molecule has 1 heterocycles. The Kier molecular flexibility index (Phi) is 5.01. The third-order valence-electron chi connectivity index (χ3n) is 3.26. The monoisotopic (exact) mass is 276 g/mol. The topological polar surface area (TPSA) is 64.8 Å². The lowest BCUT2D eigenvalue weighted by Crippen LogP contribution is -2.38. The van der Waals surface area contributed by atoms with Crippen LogP contribution in [0.4, 0.5) is 5.69 Å². The van der Waals surface area contributed by atoms with Gasteiger partial charge in [-0.05, 0) is 24.1 Å². The molecular weight excluding hydrogens is 256 g/mol. The summed E-state index contributed by atoms with van der Waals surface area (Å²) in [7, 11) is 1.68. The zero-order valence-electron chi connectivity index (χ0n) is 11.7. The van der Waals surface area contributed by atoms with E-state index in [1.165, 1.54) is 5.57 Å². The zero-order valence-corrected chi connectivity index (χ0v) is 11.7. The van der Waals surface area contributed by atoms with Crippen molar-refractivity contribution < 1.29 is 14.3 Å². The molecule has 0 unspecified atom stereocenters. The number of nitrogens with two attached hydrogens (primary N) is 1. The van der Waals surface area contributed by atoms with Crippen LogP contribution in [-0.4, -0.2) is 44.2 Å². The number of carbonyl (C=O) groups excluding carboxylic acids is 1. The molecule has 5 heteroatoms. The minimum absolute atomic E-state index is 0.0155. The van der Waals surface area contributed by atoms with Crippen LogP contribution in [0.3, 0.4) is 0 Å². The van der Waals surface area contributed by atoms with Crippen LogP contribution in [0.5, 0.6) is 5.75 Å². The number of benzene rings is 1. The van der Waals surface area contributed by atoms with Crippen molar-refractivity contribution in [3.05, 3.63) is 35.9 Å². The second kappa shape index (κ2) is 6.96. The molecule has 0 fully saturated rings. The van der Waals surface area contributed by atoms with Crippen molar-refractivity contribution in [3.8, 4) is 5.75 Å². The summed E-state index contributed by atoms with van der Waals surface area (Å²) in [4.78, 5) is 13.8. The van der Waals surface area contributed by atoms with Crippen molar-refractivity contribution in [1.29, 1.82) is 0 Å². The maximum Gasteiger partial charge on any atom is 0.260 e. The molecule has 20 heavy (non-hydrogen) atoms. The molecule has 108 valence electrons. The molecule has 0 spiro atoms. The van der Waals surface area contributed by atoms with E-state index in [1.807, 2.05) is 18.2 Å². The highest BCUT2D eigenvalue weighted by atomic mass is 16.5. The fraction of sp³-hybridized carbons (Fsp3) is 0.400. The first kappa shape index (κ1) is 14.4. The molecule has 1 aromatic carbocycles. The lowest BCUT2D eigenvalue weighted by molar-refractivity contribution is -0.133. The van der Waals surface area contributed by atoms with Crippen LogP contribution >= 0.6 is 0 Å². The molecule has 0 saturated carbocycles. The summed E-state index contributed by atoms with van der Waals surface area (Å²) in [6.07, 6.45) is 2.90. The van der Waals surface area contributed by atoms with Gasteiger partial charge in [-0.1, -0.05) is 18.2 Å². The minimum Gasteiger partial charge on any atom is -0.482 e. The average molecular weight is 276 g/mol. The Morgan fingerprint density at radius 2 is 2.20 bits per heavy atom. The maximum absolute atomic E-state index is 12.0. The van der Waals surface area contributed by atoms with E-state index in [0.717, 1.165) is 6.42 Å². The molecule has 0 aliphatic carbocycles. The molecule has 0 saturated heterocycles. The fourth-order valence-electron chi connectivity index (χ4n) is 2.10. The molecule has 0 radical (unpaired) electrons. The fourth-order valence-corrected chi connectivity index (χ4v) is 2.10. The van der Waals surface area contributed by atoms with Crippen molar-refractivity contribution in [1.82, 2.24) is 4.90 Å². The number of rotatable bonds is 5. The van der Waals surface area contributed by atoms with E-state index in [0.29, 0.717) is 31.1 Å². The SMILES string of the molecule is COCC1=CCN(C(=O)COc2ccccc2N)CC1. The van der Waals surface area contributed by atoms with Gasteiger partial charge in [-0.15, -0.1) is 0 Å². The number of amides is 1. The number of para-hydroxylation sites is 2. The summed E-state index contributed by atoms with van der Waals surface area (Å²) < 4.78 is 10.5. The highest BCUT2D eigenvalue weighted by molar-refractivity contribution is 5.78. The number of methoxy groups -OCH3 is 1. The van der Waals surface area contributed by atoms with Crippen molar-refractivity contribution in [2.45, 2.75) is 6.42 Å². The molecule has 1 aliphatic rings. The van der Waals surface area contributed by atoms with Crippen LogP contribution in [0, 0.1) is 0 Å². The Morgan fingerprint density at radius 1 is 1.40 bits per heavy atom. The van der Waals surface area contributed by atoms with Gasteiger partial charge in [-0.3, -0.25) is 4.79 Å². The van der Waals surface area contributed by atoms with E-state index in [1.54, 1.807) is 24.1 Å². The van der Waals surface area contributed by atoms with E-state index in [-0.39, 0.29) is 12.5 Å². The minimum atomic E-state index is -0.0269. The summed E-state index contributed by atoms with van der Waals surface area (Å²) in [5.41, 5.74) is 7.55. The lowest BCUT2D eigenvalue weighted by Gasteiger charge is -2.26. The first-order valence-electron chi connectivity index (χ1n) is 6.62. The van der Waals surface area contributed by atoms with Gasteiger partial charge in [0.15, 0.2) is 6.61 Å². The van der Waals surface area contributed by atoms with Gasteiger partial charge in [0.25, 0.3) is 5.91 Å². The van der Waals surface area contributed by atoms with Crippen molar-refractivity contribution in [2.75, 3.05) is 39.1 Å². The molecule has 2 rings (SSSR count). The summed E-state index contributed by atoms with van der Waals surface area (Å²) >= 11 is 0. The Morgan fingerprint density at radius 3 is 2.85 bits per heavy atom. The molecule has 0 aromatic heterocycles.